The number of hydrogen-bond donors (Lipinski definition) is 0. The van der Waals surface area contributed by atoms with Gasteiger partial charge in [0.2, 0.25) is 11.8 Å². The van der Waals surface area contributed by atoms with E-state index in [1.54, 1.807) is 0 Å². The van der Waals surface area contributed by atoms with Gasteiger partial charge in [-0.2, -0.15) is 0 Å². The quantitative estimate of drug-likeness (QED) is 0.719. The lowest BCUT2D eigenvalue weighted by Gasteiger charge is -2.36. The van der Waals surface area contributed by atoms with Gasteiger partial charge in [-0.3, -0.25) is 14.5 Å². The highest BCUT2D eigenvalue weighted by Crippen LogP contribution is 2.27. The first kappa shape index (κ1) is 19.6. The Hall–Kier alpha value is -1.14. The lowest BCUT2D eigenvalue weighted by molar-refractivity contribution is -0.140. The molecule has 3 fully saturated rings. The van der Waals surface area contributed by atoms with E-state index in [2.05, 4.69) is 4.90 Å². The topological polar surface area (TPSA) is 53.1 Å². The second-order valence-corrected chi connectivity index (χ2v) is 8.05. The summed E-state index contributed by atoms with van der Waals surface area (Å²) >= 11 is 0. The number of hydrogen-bond acceptors (Lipinski definition) is 4. The molecule has 0 aromatic rings. The molecule has 2 heterocycles. The average molecular weight is 366 g/mol. The van der Waals surface area contributed by atoms with Gasteiger partial charge in [-0.1, -0.05) is 32.1 Å². The Labute approximate surface area is 157 Å². The highest BCUT2D eigenvalue weighted by molar-refractivity contribution is 5.79. The highest BCUT2D eigenvalue weighted by Gasteiger charge is 2.25. The van der Waals surface area contributed by atoms with Crippen molar-refractivity contribution in [2.75, 3.05) is 59.0 Å². The maximum Gasteiger partial charge on any atom is 0.236 e. The van der Waals surface area contributed by atoms with E-state index < -0.39 is 0 Å². The molecule has 3 rings (SSSR count). The lowest BCUT2D eigenvalue weighted by atomic mass is 9.86. The summed E-state index contributed by atoms with van der Waals surface area (Å²) in [5.74, 6) is 1.32. The molecule has 0 aromatic carbocycles. The van der Waals surface area contributed by atoms with Crippen LogP contribution in [0.15, 0.2) is 0 Å². The first-order chi connectivity index (χ1) is 12.7. The van der Waals surface area contributed by atoms with Crippen molar-refractivity contribution in [3.05, 3.63) is 0 Å². The zero-order valence-electron chi connectivity index (χ0n) is 16.2. The smallest absolute Gasteiger partial charge is 0.236 e. The van der Waals surface area contributed by atoms with E-state index in [4.69, 9.17) is 4.74 Å². The van der Waals surface area contributed by atoms with E-state index in [1.807, 2.05) is 9.80 Å². The van der Waals surface area contributed by atoms with Gasteiger partial charge in [0.1, 0.15) is 0 Å². The summed E-state index contributed by atoms with van der Waals surface area (Å²) in [5, 5.41) is 0. The van der Waals surface area contributed by atoms with Gasteiger partial charge in [0, 0.05) is 45.7 Å². The standard InChI is InChI=1S/C20H35N3O3/c24-19(8-4-7-18-5-2-1-3-6-18)22-9-11-23(12-10-22)20(25)17-21-13-15-26-16-14-21/h18H,1-17H2. The summed E-state index contributed by atoms with van der Waals surface area (Å²) < 4.78 is 5.33. The number of nitrogens with zero attached hydrogens (tertiary/aromatic N) is 3. The van der Waals surface area contributed by atoms with Gasteiger partial charge in [-0.05, 0) is 18.8 Å². The van der Waals surface area contributed by atoms with E-state index in [0.717, 1.165) is 38.6 Å². The molecule has 26 heavy (non-hydrogen) atoms. The first-order valence-electron chi connectivity index (χ1n) is 10.6. The Morgan fingerprint density at radius 3 is 2.08 bits per heavy atom. The highest BCUT2D eigenvalue weighted by atomic mass is 16.5. The number of morpholine rings is 1. The van der Waals surface area contributed by atoms with Crippen molar-refractivity contribution in [3.8, 4) is 0 Å². The third-order valence-electron chi connectivity index (χ3n) is 6.18. The van der Waals surface area contributed by atoms with Crippen LogP contribution in [0.4, 0.5) is 0 Å². The van der Waals surface area contributed by atoms with Crippen molar-refractivity contribution in [2.45, 2.75) is 51.4 Å². The molecule has 0 aromatic heterocycles. The van der Waals surface area contributed by atoms with Crippen molar-refractivity contribution in [1.29, 1.82) is 0 Å². The molecular formula is C20H35N3O3. The maximum atomic E-state index is 12.4. The molecule has 0 radical (unpaired) electrons. The second-order valence-electron chi connectivity index (χ2n) is 8.05. The predicted molar refractivity (Wildman–Crippen MR) is 101 cm³/mol. The van der Waals surface area contributed by atoms with Crippen LogP contribution in [-0.2, 0) is 14.3 Å². The molecule has 0 spiro atoms. The van der Waals surface area contributed by atoms with Crippen LogP contribution in [0, 0.1) is 5.92 Å². The molecule has 148 valence electrons. The van der Waals surface area contributed by atoms with Crippen LogP contribution in [0.2, 0.25) is 0 Å². The molecule has 0 atom stereocenters. The molecule has 1 saturated carbocycles. The fourth-order valence-electron chi connectivity index (χ4n) is 4.43. The van der Waals surface area contributed by atoms with Crippen molar-refractivity contribution >= 4 is 11.8 Å². The van der Waals surface area contributed by atoms with E-state index in [0.29, 0.717) is 39.1 Å². The SMILES string of the molecule is O=C(CCCC1CCCCC1)N1CCN(C(=O)CN2CCOCC2)CC1. The molecular weight excluding hydrogens is 330 g/mol. The van der Waals surface area contributed by atoms with Gasteiger partial charge in [0.25, 0.3) is 0 Å². The van der Waals surface area contributed by atoms with Gasteiger partial charge in [-0.15, -0.1) is 0 Å². The molecule has 2 amide bonds. The zero-order valence-corrected chi connectivity index (χ0v) is 16.2. The average Bonchev–Trinajstić information content (AvgIpc) is 2.69. The molecule has 0 N–H and O–H groups in total. The summed E-state index contributed by atoms with van der Waals surface area (Å²) in [4.78, 5) is 30.9. The van der Waals surface area contributed by atoms with Crippen LogP contribution in [0.1, 0.15) is 51.4 Å². The summed E-state index contributed by atoms with van der Waals surface area (Å²) in [6.07, 6.45) is 9.78. The van der Waals surface area contributed by atoms with Crippen LogP contribution in [0.3, 0.4) is 0 Å². The van der Waals surface area contributed by atoms with Crippen LogP contribution in [0.25, 0.3) is 0 Å². The second kappa shape index (κ2) is 10.3. The molecule has 1 aliphatic carbocycles. The van der Waals surface area contributed by atoms with Gasteiger partial charge in [0.05, 0.1) is 19.8 Å². The summed E-state index contributed by atoms with van der Waals surface area (Å²) in [6, 6.07) is 0. The minimum absolute atomic E-state index is 0.191. The molecule has 6 nitrogen and oxygen atoms in total. The van der Waals surface area contributed by atoms with Crippen LogP contribution in [0.5, 0.6) is 0 Å². The number of carbonyl (C=O) groups is 2. The van der Waals surface area contributed by atoms with Crippen molar-refractivity contribution in [3.63, 3.8) is 0 Å². The molecule has 3 aliphatic rings. The van der Waals surface area contributed by atoms with E-state index in [-0.39, 0.29) is 11.8 Å². The Bertz CT molecular complexity index is 451. The fourth-order valence-corrected chi connectivity index (χ4v) is 4.43. The normalized spacial score (nSPS) is 23.2. The number of rotatable bonds is 6. The number of piperazine rings is 1. The van der Waals surface area contributed by atoms with Crippen molar-refractivity contribution in [1.82, 2.24) is 14.7 Å². The number of carbonyl (C=O) groups excluding carboxylic acids is 2. The maximum absolute atomic E-state index is 12.4. The largest absolute Gasteiger partial charge is 0.379 e. The molecule has 0 bridgehead atoms. The van der Waals surface area contributed by atoms with E-state index in [9.17, 15) is 9.59 Å². The fraction of sp³-hybridized carbons (Fsp3) is 0.900. The van der Waals surface area contributed by atoms with E-state index in [1.165, 1.54) is 38.5 Å². The Morgan fingerprint density at radius 2 is 1.42 bits per heavy atom. The molecule has 2 aliphatic heterocycles. The summed E-state index contributed by atoms with van der Waals surface area (Å²) in [7, 11) is 0. The van der Waals surface area contributed by atoms with Gasteiger partial charge in [0.15, 0.2) is 0 Å². The van der Waals surface area contributed by atoms with Crippen LogP contribution in [-0.4, -0.2) is 85.5 Å². The van der Waals surface area contributed by atoms with Crippen LogP contribution < -0.4 is 0 Å². The third-order valence-corrected chi connectivity index (χ3v) is 6.18. The predicted octanol–water partition coefficient (Wildman–Crippen LogP) is 1.74. The van der Waals surface area contributed by atoms with Crippen LogP contribution >= 0.6 is 0 Å². The van der Waals surface area contributed by atoms with Gasteiger partial charge in [-0.25, -0.2) is 0 Å². The summed E-state index contributed by atoms with van der Waals surface area (Å²) in [6.45, 7) is 6.34. The van der Waals surface area contributed by atoms with E-state index >= 15 is 0 Å². The van der Waals surface area contributed by atoms with Gasteiger partial charge >= 0.3 is 0 Å². The lowest BCUT2D eigenvalue weighted by Crippen LogP contribution is -2.53. The Balaban J connectivity index is 1.30. The summed E-state index contributed by atoms with van der Waals surface area (Å²) in [5.41, 5.74) is 0. The number of ether oxygens (including phenoxy) is 1. The third kappa shape index (κ3) is 5.95. The minimum atomic E-state index is 0.191. The molecule has 0 unspecified atom stereocenters. The Morgan fingerprint density at radius 1 is 0.808 bits per heavy atom. The Kier molecular flexibility index (Phi) is 7.74. The molecule has 2 saturated heterocycles. The zero-order chi connectivity index (χ0) is 18.2. The monoisotopic (exact) mass is 365 g/mol. The molecule has 6 heteroatoms. The number of amides is 2. The van der Waals surface area contributed by atoms with Gasteiger partial charge < -0.3 is 14.5 Å². The minimum Gasteiger partial charge on any atom is -0.379 e. The van der Waals surface area contributed by atoms with Crippen molar-refractivity contribution in [2.24, 2.45) is 5.92 Å². The van der Waals surface area contributed by atoms with Crippen molar-refractivity contribution < 1.29 is 14.3 Å². The first-order valence-corrected chi connectivity index (χ1v) is 10.6.